The van der Waals surface area contributed by atoms with E-state index in [4.69, 9.17) is 0 Å². The molecule has 1 rings (SSSR count). The maximum Gasteiger partial charge on any atom is 1.00 e. The molecule has 72 valence electrons. The molecule has 0 radical (unpaired) electrons. The van der Waals surface area contributed by atoms with Gasteiger partial charge in [-0.25, -0.2) is 8.42 Å². The fourth-order valence-corrected chi connectivity index (χ4v) is 2.13. The summed E-state index contributed by atoms with van der Waals surface area (Å²) < 4.78 is 32.8. The molecule has 0 aromatic heterocycles. The molecule has 0 amide bonds. The summed E-state index contributed by atoms with van der Waals surface area (Å²) in [5.41, 5.74) is 0.881. The first-order chi connectivity index (χ1) is 6.04. The first kappa shape index (κ1) is 14.9. The van der Waals surface area contributed by atoms with Crippen LogP contribution >= 0.6 is 22.6 Å². The summed E-state index contributed by atoms with van der Waals surface area (Å²) in [6, 6.07) is 6.15. The minimum atomic E-state index is -4.30. The van der Waals surface area contributed by atoms with Gasteiger partial charge in [0.25, 0.3) is 0 Å². The van der Waals surface area contributed by atoms with E-state index in [2.05, 4.69) is 22.6 Å². The van der Waals surface area contributed by atoms with Gasteiger partial charge < -0.3 is 4.55 Å². The van der Waals surface area contributed by atoms with Gasteiger partial charge in [-0.05, 0) is 24.1 Å². The molecule has 0 aliphatic carbocycles. The zero-order valence-corrected chi connectivity index (χ0v) is 12.7. The van der Waals surface area contributed by atoms with Crippen LogP contribution in [-0.2, 0) is 16.5 Å². The van der Waals surface area contributed by atoms with E-state index in [0.717, 1.165) is 16.4 Å². The number of rotatable bonds is 3. The van der Waals surface area contributed by atoms with Crippen LogP contribution in [0.15, 0.2) is 29.2 Å². The Bertz CT molecular complexity index is 391. The molecule has 0 saturated heterocycles. The molecule has 0 saturated carbocycles. The minimum absolute atomic E-state index is 0. The predicted octanol–water partition coefficient (Wildman–Crippen LogP) is -1.43. The van der Waals surface area contributed by atoms with Crippen LogP contribution in [0.5, 0.6) is 0 Å². The Kier molecular flexibility index (Phi) is 6.84. The van der Waals surface area contributed by atoms with Crippen LogP contribution < -0.4 is 29.6 Å². The van der Waals surface area contributed by atoms with Crippen LogP contribution in [0.25, 0.3) is 0 Å². The van der Waals surface area contributed by atoms with E-state index in [1.165, 1.54) is 12.1 Å². The first-order valence-corrected chi connectivity index (χ1v) is 6.58. The number of hydrogen-bond acceptors (Lipinski definition) is 3. The monoisotopic (exact) mass is 334 g/mol. The number of halogens is 1. The molecule has 3 nitrogen and oxygen atoms in total. The summed E-state index contributed by atoms with van der Waals surface area (Å²) in [7, 11) is -4.30. The average Bonchev–Trinajstić information content (AvgIpc) is 2.04. The van der Waals surface area contributed by atoms with Crippen molar-refractivity contribution in [2.75, 3.05) is 4.43 Å². The Labute approximate surface area is 119 Å². The Balaban J connectivity index is 0.00000169. The van der Waals surface area contributed by atoms with Gasteiger partial charge in [-0.3, -0.25) is 0 Å². The van der Waals surface area contributed by atoms with Crippen molar-refractivity contribution in [2.24, 2.45) is 0 Å². The van der Waals surface area contributed by atoms with E-state index in [-0.39, 0.29) is 34.5 Å². The van der Waals surface area contributed by atoms with Gasteiger partial charge in [-0.1, -0.05) is 34.7 Å². The van der Waals surface area contributed by atoms with Gasteiger partial charge in [0, 0.05) is 4.43 Å². The Morgan fingerprint density at radius 3 is 2.50 bits per heavy atom. The topological polar surface area (TPSA) is 57.2 Å². The fraction of sp³-hybridized carbons (Fsp3) is 0.250. The molecule has 14 heavy (non-hydrogen) atoms. The van der Waals surface area contributed by atoms with E-state index in [1.54, 1.807) is 6.07 Å². The SMILES string of the molecule is O=S(=O)([O-])c1cccc(CCI)c1.[Na+]. The minimum Gasteiger partial charge on any atom is -0.744 e. The van der Waals surface area contributed by atoms with Gasteiger partial charge in [-0.2, -0.15) is 0 Å². The zero-order chi connectivity index (χ0) is 9.90. The number of alkyl halides is 1. The second-order valence-corrected chi connectivity index (χ2v) is 5.00. The second kappa shape index (κ2) is 6.44. The first-order valence-electron chi connectivity index (χ1n) is 3.65. The van der Waals surface area contributed by atoms with Gasteiger partial charge in [0.05, 0.1) is 4.90 Å². The van der Waals surface area contributed by atoms with E-state index >= 15 is 0 Å². The number of aryl methyl sites for hydroxylation is 1. The van der Waals surface area contributed by atoms with E-state index in [9.17, 15) is 13.0 Å². The van der Waals surface area contributed by atoms with Crippen molar-refractivity contribution in [2.45, 2.75) is 11.3 Å². The summed E-state index contributed by atoms with van der Waals surface area (Å²) in [4.78, 5) is -0.144. The molecule has 0 heterocycles. The third kappa shape index (κ3) is 4.59. The smallest absolute Gasteiger partial charge is 0.744 e. The standard InChI is InChI=1S/C8H9IO3S.Na/c9-5-4-7-2-1-3-8(6-7)13(10,11)12;/h1-3,6H,4-5H2,(H,10,11,12);/q;+1/p-1. The number of hydrogen-bond donors (Lipinski definition) is 0. The van der Waals surface area contributed by atoms with Gasteiger partial charge in [0.1, 0.15) is 10.1 Å². The van der Waals surface area contributed by atoms with Crippen LogP contribution in [0, 0.1) is 0 Å². The van der Waals surface area contributed by atoms with Crippen molar-refractivity contribution in [1.29, 1.82) is 0 Å². The van der Waals surface area contributed by atoms with Gasteiger partial charge in [0.15, 0.2) is 0 Å². The summed E-state index contributed by atoms with van der Waals surface area (Å²) in [6.07, 6.45) is 0.782. The Morgan fingerprint density at radius 1 is 1.36 bits per heavy atom. The maximum atomic E-state index is 10.6. The summed E-state index contributed by atoms with van der Waals surface area (Å²) in [5.74, 6) is 0. The summed E-state index contributed by atoms with van der Waals surface area (Å²) in [6.45, 7) is 0. The van der Waals surface area contributed by atoms with Gasteiger partial charge in [0.2, 0.25) is 0 Å². The molecule has 0 aliphatic rings. The second-order valence-electron chi connectivity index (χ2n) is 2.54. The zero-order valence-electron chi connectivity index (χ0n) is 7.73. The largest absolute Gasteiger partial charge is 1.00 e. The third-order valence-corrected chi connectivity index (χ3v) is 2.94. The molecular weight excluding hydrogens is 326 g/mol. The van der Waals surface area contributed by atoms with Crippen LogP contribution in [0.4, 0.5) is 0 Å². The van der Waals surface area contributed by atoms with Crippen molar-refractivity contribution < 1.29 is 42.5 Å². The molecule has 0 bridgehead atoms. The molecule has 1 aromatic rings. The van der Waals surface area contributed by atoms with Gasteiger partial charge >= 0.3 is 29.6 Å². The predicted molar refractivity (Wildman–Crippen MR) is 57.0 cm³/mol. The van der Waals surface area contributed by atoms with Gasteiger partial charge in [-0.15, -0.1) is 0 Å². The Morgan fingerprint density at radius 2 is 2.00 bits per heavy atom. The molecule has 0 unspecified atom stereocenters. The number of benzene rings is 1. The molecular formula is C8H8INaO3S. The molecule has 0 aliphatic heterocycles. The van der Waals surface area contributed by atoms with Crippen molar-refractivity contribution in [3.63, 3.8) is 0 Å². The van der Waals surface area contributed by atoms with E-state index in [1.807, 2.05) is 6.07 Å². The molecule has 1 aromatic carbocycles. The van der Waals surface area contributed by atoms with E-state index in [0.29, 0.717) is 0 Å². The molecule has 6 heteroatoms. The van der Waals surface area contributed by atoms with Crippen LogP contribution in [0.1, 0.15) is 5.56 Å². The maximum absolute atomic E-state index is 10.6. The van der Waals surface area contributed by atoms with Crippen LogP contribution in [0.3, 0.4) is 0 Å². The summed E-state index contributed by atoms with van der Waals surface area (Å²) >= 11 is 2.20. The molecule has 0 fully saturated rings. The van der Waals surface area contributed by atoms with E-state index < -0.39 is 10.1 Å². The Hall–Kier alpha value is 0.860. The molecule has 0 N–H and O–H groups in total. The van der Waals surface area contributed by atoms with Crippen molar-refractivity contribution >= 4 is 32.7 Å². The fourth-order valence-electron chi connectivity index (χ4n) is 0.966. The van der Waals surface area contributed by atoms with Crippen molar-refractivity contribution in [3.8, 4) is 0 Å². The average molecular weight is 334 g/mol. The summed E-state index contributed by atoms with van der Waals surface area (Å²) in [5, 5.41) is 0. The third-order valence-electron chi connectivity index (χ3n) is 1.57. The van der Waals surface area contributed by atoms with Crippen LogP contribution in [-0.4, -0.2) is 17.4 Å². The normalized spacial score (nSPS) is 10.7. The van der Waals surface area contributed by atoms with Crippen molar-refractivity contribution in [3.05, 3.63) is 29.8 Å². The molecule has 0 atom stereocenters. The quantitative estimate of drug-likeness (QED) is 0.295. The van der Waals surface area contributed by atoms with Crippen molar-refractivity contribution in [1.82, 2.24) is 0 Å². The van der Waals surface area contributed by atoms with Crippen LogP contribution in [0.2, 0.25) is 0 Å². The molecule has 0 spiro atoms.